The van der Waals surface area contributed by atoms with Gasteiger partial charge in [-0.2, -0.15) is 0 Å². The highest BCUT2D eigenvalue weighted by Gasteiger charge is 2.11. The summed E-state index contributed by atoms with van der Waals surface area (Å²) in [6, 6.07) is 63.7. The average molecular weight is 635 g/mol. The summed E-state index contributed by atoms with van der Waals surface area (Å²) in [6.07, 6.45) is 1.97. The fraction of sp³-hybridized carbons (Fsp3) is 0. The molecule has 0 aliphatic carbocycles. The number of benzene rings is 7. The molecule has 23 rings (SSSR count). The van der Waals surface area contributed by atoms with Crippen LogP contribution in [-0.4, -0.2) is 9.97 Å². The molecule has 7 aromatic carbocycles. The van der Waals surface area contributed by atoms with Crippen LogP contribution < -0.4 is 0 Å². The first-order valence-corrected chi connectivity index (χ1v) is 17.0. The molecule has 16 heterocycles. The normalized spacial score (nSPS) is 11.6. The summed E-state index contributed by atoms with van der Waals surface area (Å²) in [7, 11) is 0. The Hall–Kier alpha value is -6.64. The predicted molar refractivity (Wildman–Crippen MR) is 209 cm³/mol. The van der Waals surface area contributed by atoms with Gasteiger partial charge in [-0.1, -0.05) is 152 Å². The van der Waals surface area contributed by atoms with E-state index in [1.807, 2.05) is 6.20 Å². The number of aromatic nitrogens is 2. The molecule has 9 aromatic rings. The lowest BCUT2D eigenvalue weighted by Crippen LogP contribution is -1.90. The van der Waals surface area contributed by atoms with E-state index >= 15 is 0 Å². The van der Waals surface area contributed by atoms with Crippen molar-refractivity contribution in [3.05, 3.63) is 182 Å². The van der Waals surface area contributed by atoms with Gasteiger partial charge >= 0.3 is 0 Å². The maximum absolute atomic E-state index is 5.14. The second-order valence-electron chi connectivity index (χ2n) is 13.1. The second kappa shape index (κ2) is 11.5. The van der Waals surface area contributed by atoms with Gasteiger partial charge in [0.1, 0.15) is 0 Å². The fourth-order valence-electron chi connectivity index (χ4n) is 7.25. The third kappa shape index (κ3) is 4.98. The molecule has 0 radical (unpaired) electrons. The summed E-state index contributed by atoms with van der Waals surface area (Å²) in [5.74, 6) is 0. The van der Waals surface area contributed by atoms with Gasteiger partial charge in [-0.05, 0) is 85.5 Å². The van der Waals surface area contributed by atoms with E-state index in [4.69, 9.17) is 9.97 Å². The molecule has 2 aromatic heterocycles. The zero-order chi connectivity index (χ0) is 33.0. The number of nitrogens with zero attached hydrogens (tertiary/aromatic N) is 2. The van der Waals surface area contributed by atoms with Gasteiger partial charge in [0.05, 0.1) is 16.7 Å². The van der Waals surface area contributed by atoms with Crippen molar-refractivity contribution in [1.29, 1.82) is 0 Å². The molecule has 17 bridgehead atoms. The number of hydrogen-bond acceptors (Lipinski definition) is 2. The summed E-state index contributed by atoms with van der Waals surface area (Å²) in [4.78, 5) is 10.1. The molecule has 50 heavy (non-hydrogen) atoms. The zero-order valence-electron chi connectivity index (χ0n) is 27.2. The number of pyridine rings is 2. The molecule has 14 aliphatic rings. The van der Waals surface area contributed by atoms with Crippen LogP contribution in [0.25, 0.3) is 99.8 Å². The second-order valence-corrected chi connectivity index (χ2v) is 13.1. The predicted octanol–water partition coefficient (Wildman–Crippen LogP) is 12.8. The fourth-order valence-corrected chi connectivity index (χ4v) is 7.25. The van der Waals surface area contributed by atoms with Crippen molar-refractivity contribution in [2.24, 2.45) is 0 Å². The van der Waals surface area contributed by atoms with Crippen LogP contribution in [0.4, 0.5) is 0 Å². The first-order chi connectivity index (χ1) is 24.7. The molecular formula is C48H30N2. The Bertz CT molecular complexity index is 2700. The smallest absolute Gasteiger partial charge is 0.0972 e. The zero-order valence-corrected chi connectivity index (χ0v) is 27.2. The van der Waals surface area contributed by atoms with E-state index in [1.54, 1.807) is 0 Å². The Morgan fingerprint density at radius 1 is 0.260 bits per heavy atom. The average Bonchev–Trinajstić information content (AvgIpc) is 3.20. The summed E-state index contributed by atoms with van der Waals surface area (Å²) < 4.78 is 0. The molecule has 0 unspecified atom stereocenters. The summed E-state index contributed by atoms with van der Waals surface area (Å²) in [5.41, 5.74) is 18.1. The van der Waals surface area contributed by atoms with Gasteiger partial charge in [-0.25, -0.2) is 4.98 Å². The van der Waals surface area contributed by atoms with Crippen LogP contribution >= 0.6 is 0 Å². The van der Waals surface area contributed by atoms with Gasteiger partial charge < -0.3 is 0 Å². The van der Waals surface area contributed by atoms with E-state index in [9.17, 15) is 0 Å². The molecule has 0 N–H and O–H groups in total. The van der Waals surface area contributed by atoms with Crippen molar-refractivity contribution in [3.8, 4) is 78.0 Å². The van der Waals surface area contributed by atoms with E-state index in [0.717, 1.165) is 44.2 Å². The largest absolute Gasteiger partial charge is 0.253 e. The van der Waals surface area contributed by atoms with Gasteiger partial charge in [0.15, 0.2) is 0 Å². The third-order valence-corrected chi connectivity index (χ3v) is 10.1. The standard InChI is InChI=1S/C48H30N2/c1-3-40-27-42(5-1)43-6-2-4-41(28-43)36-15-9-32(10-16-36)34-19-21-38(22-20-34)46-26-25-39-23-24-44-29-45(30-49-47(44)48(39)50-46)37-17-11-33(12-18-37)31-7-13-35(40)14-8-31/h1-30H. The number of hydrogen-bond donors (Lipinski definition) is 0. The van der Waals surface area contributed by atoms with Gasteiger partial charge in [0, 0.05) is 28.1 Å². The topological polar surface area (TPSA) is 25.8 Å². The lowest BCUT2D eigenvalue weighted by atomic mass is 9.94. The van der Waals surface area contributed by atoms with Crippen LogP contribution in [-0.2, 0) is 0 Å². The Labute approximate surface area is 291 Å². The van der Waals surface area contributed by atoms with E-state index in [-0.39, 0.29) is 0 Å². The lowest BCUT2D eigenvalue weighted by molar-refractivity contribution is 1.37. The molecule has 0 fully saturated rings. The monoisotopic (exact) mass is 634 g/mol. The number of rotatable bonds is 0. The Kier molecular flexibility index (Phi) is 6.53. The molecule has 0 spiro atoms. The van der Waals surface area contributed by atoms with Crippen molar-refractivity contribution < 1.29 is 0 Å². The Balaban J connectivity index is 1.11. The molecule has 2 heteroatoms. The highest BCUT2D eigenvalue weighted by molar-refractivity contribution is 6.04. The third-order valence-electron chi connectivity index (χ3n) is 10.1. The minimum Gasteiger partial charge on any atom is -0.253 e. The van der Waals surface area contributed by atoms with Gasteiger partial charge in [0.25, 0.3) is 0 Å². The van der Waals surface area contributed by atoms with Crippen LogP contribution in [0.5, 0.6) is 0 Å². The highest BCUT2D eigenvalue weighted by atomic mass is 14.8. The Morgan fingerprint density at radius 2 is 0.640 bits per heavy atom. The molecule has 2 nitrogen and oxygen atoms in total. The summed E-state index contributed by atoms with van der Waals surface area (Å²) in [5, 5.41) is 2.17. The molecule has 0 amide bonds. The van der Waals surface area contributed by atoms with Crippen LogP contribution in [0.1, 0.15) is 0 Å². The summed E-state index contributed by atoms with van der Waals surface area (Å²) in [6.45, 7) is 0. The van der Waals surface area contributed by atoms with Crippen molar-refractivity contribution in [3.63, 3.8) is 0 Å². The van der Waals surface area contributed by atoms with Crippen LogP contribution in [0.15, 0.2) is 182 Å². The molecule has 232 valence electrons. The lowest BCUT2D eigenvalue weighted by Gasteiger charge is -2.10. The van der Waals surface area contributed by atoms with E-state index in [1.165, 1.54) is 55.6 Å². The van der Waals surface area contributed by atoms with Crippen LogP contribution in [0, 0.1) is 0 Å². The van der Waals surface area contributed by atoms with E-state index in [2.05, 4.69) is 176 Å². The minimum atomic E-state index is 0.918. The van der Waals surface area contributed by atoms with Gasteiger partial charge in [0.2, 0.25) is 0 Å². The van der Waals surface area contributed by atoms with Crippen molar-refractivity contribution in [2.45, 2.75) is 0 Å². The van der Waals surface area contributed by atoms with Gasteiger partial charge in [-0.3, -0.25) is 4.98 Å². The van der Waals surface area contributed by atoms with Crippen molar-refractivity contribution in [1.82, 2.24) is 9.97 Å². The van der Waals surface area contributed by atoms with Crippen LogP contribution in [0.2, 0.25) is 0 Å². The molecular weight excluding hydrogens is 605 g/mol. The van der Waals surface area contributed by atoms with Crippen LogP contribution in [0.3, 0.4) is 0 Å². The first-order valence-electron chi connectivity index (χ1n) is 17.0. The SMILES string of the molecule is c1cc2cc(c1)-c1cccc(c1)-c1ccc(cc1)-c1ccc(cc1)-c1ccc3ccc4cc(cnc4c3n1)-c1ccc(cc1)-c1ccc-2cc1. The van der Waals surface area contributed by atoms with Gasteiger partial charge in [-0.15, -0.1) is 0 Å². The van der Waals surface area contributed by atoms with Crippen molar-refractivity contribution in [2.75, 3.05) is 0 Å². The summed E-state index contributed by atoms with van der Waals surface area (Å²) >= 11 is 0. The van der Waals surface area contributed by atoms with E-state index in [0.29, 0.717) is 0 Å². The Morgan fingerprint density at radius 3 is 1.14 bits per heavy atom. The maximum Gasteiger partial charge on any atom is 0.0972 e. The quantitative estimate of drug-likeness (QED) is 0.155. The minimum absolute atomic E-state index is 0.918. The molecule has 0 saturated carbocycles. The van der Waals surface area contributed by atoms with E-state index < -0.39 is 0 Å². The molecule has 0 saturated heterocycles. The van der Waals surface area contributed by atoms with Crippen molar-refractivity contribution >= 4 is 21.8 Å². The maximum atomic E-state index is 5.14. The first kappa shape index (κ1) is 28.4. The molecule has 14 aliphatic heterocycles. The highest BCUT2D eigenvalue weighted by Crippen LogP contribution is 2.34. The molecule has 0 atom stereocenters.